The molecule has 3 aliphatic heterocycles. The highest BCUT2D eigenvalue weighted by Gasteiger charge is 2.60. The average Bonchev–Trinajstić information content (AvgIpc) is 3.37. The standard InChI is InChI=1S/C26H35N3O8S/c1-6-11-36-25(34)27(5)10-8-9-17-13-18(14-28(17)26(35)37-12-7-2)38-22-15(3)20-19(16(4)30)23(31)29(20)21(22)24(32)33/h6-9,15-20,30H,1-2,10-14H2,3-5H3,(H,32,33)/b9-8+/t15-,16-,17-,18+,19-,20-/m1/s1. The van der Waals surface area contributed by atoms with Gasteiger partial charge in [0.05, 0.1) is 24.1 Å². The first-order valence-corrected chi connectivity index (χ1v) is 13.3. The molecule has 208 valence electrons. The van der Waals surface area contributed by atoms with Crippen molar-refractivity contribution in [2.45, 2.75) is 43.7 Å². The van der Waals surface area contributed by atoms with Crippen LogP contribution < -0.4 is 0 Å². The number of fused-ring (bicyclic) bond motifs is 1. The van der Waals surface area contributed by atoms with Crippen molar-refractivity contribution in [3.63, 3.8) is 0 Å². The van der Waals surface area contributed by atoms with Gasteiger partial charge in [-0.05, 0) is 13.3 Å². The predicted molar refractivity (Wildman–Crippen MR) is 141 cm³/mol. The predicted octanol–water partition coefficient (Wildman–Crippen LogP) is 2.45. The lowest BCUT2D eigenvalue weighted by molar-refractivity contribution is -0.163. The molecule has 0 aromatic rings. The molecular weight excluding hydrogens is 514 g/mol. The highest BCUT2D eigenvalue weighted by molar-refractivity contribution is 8.03. The van der Waals surface area contributed by atoms with Crippen LogP contribution in [0.4, 0.5) is 9.59 Å². The Morgan fingerprint density at radius 1 is 1.24 bits per heavy atom. The number of hydrogen-bond donors (Lipinski definition) is 2. The Labute approximate surface area is 226 Å². The average molecular weight is 550 g/mol. The maximum atomic E-state index is 12.8. The number of carboxylic acid groups (broad SMARTS) is 1. The van der Waals surface area contributed by atoms with Gasteiger partial charge in [0.1, 0.15) is 18.9 Å². The second-order valence-electron chi connectivity index (χ2n) is 9.51. The number of ether oxygens (including phenoxy) is 2. The number of carbonyl (C=O) groups excluding carboxylic acids is 3. The number of nitrogens with zero attached hydrogens (tertiary/aromatic N) is 3. The largest absolute Gasteiger partial charge is 0.477 e. The molecule has 0 aliphatic carbocycles. The van der Waals surface area contributed by atoms with E-state index in [4.69, 9.17) is 9.47 Å². The summed E-state index contributed by atoms with van der Waals surface area (Å²) in [5.41, 5.74) is -0.0474. The van der Waals surface area contributed by atoms with Crippen LogP contribution in [0.1, 0.15) is 20.3 Å². The summed E-state index contributed by atoms with van der Waals surface area (Å²) in [6, 6.07) is -0.755. The van der Waals surface area contributed by atoms with Crippen molar-refractivity contribution in [2.75, 3.05) is 33.4 Å². The van der Waals surface area contributed by atoms with Gasteiger partial charge in [-0.1, -0.05) is 44.4 Å². The zero-order chi connectivity index (χ0) is 28.1. The first-order chi connectivity index (χ1) is 18.0. The number of β-lactam (4-membered cyclic amide) rings is 1. The van der Waals surface area contributed by atoms with Crippen molar-refractivity contribution in [1.29, 1.82) is 0 Å². The molecule has 6 atom stereocenters. The van der Waals surface area contributed by atoms with Crippen LogP contribution in [-0.4, -0.2) is 106 Å². The van der Waals surface area contributed by atoms with Crippen LogP contribution in [0.3, 0.4) is 0 Å². The van der Waals surface area contributed by atoms with E-state index in [1.54, 1.807) is 18.0 Å². The third-order valence-corrected chi connectivity index (χ3v) is 8.34. The maximum Gasteiger partial charge on any atom is 0.410 e. The van der Waals surface area contributed by atoms with E-state index in [9.17, 15) is 29.4 Å². The topological polar surface area (TPSA) is 137 Å². The van der Waals surface area contributed by atoms with Gasteiger partial charge in [0.15, 0.2) is 0 Å². The van der Waals surface area contributed by atoms with Crippen molar-refractivity contribution in [2.24, 2.45) is 11.8 Å². The normalized spacial score (nSPS) is 27.2. The molecule has 2 fully saturated rings. The van der Waals surface area contributed by atoms with Crippen LogP contribution >= 0.6 is 11.8 Å². The van der Waals surface area contributed by atoms with Crippen LogP contribution in [0.2, 0.25) is 0 Å². The maximum absolute atomic E-state index is 12.8. The van der Waals surface area contributed by atoms with Gasteiger partial charge in [-0.3, -0.25) is 4.79 Å². The number of aliphatic carboxylic acids is 1. The van der Waals surface area contributed by atoms with Crippen LogP contribution in [-0.2, 0) is 19.1 Å². The molecule has 38 heavy (non-hydrogen) atoms. The highest BCUT2D eigenvalue weighted by Crippen LogP contribution is 2.52. The molecule has 11 nitrogen and oxygen atoms in total. The van der Waals surface area contributed by atoms with E-state index in [0.717, 1.165) is 0 Å². The Hall–Kier alpha value is -3.25. The molecule has 12 heteroatoms. The highest BCUT2D eigenvalue weighted by atomic mass is 32.2. The molecule has 2 N–H and O–H groups in total. The van der Waals surface area contributed by atoms with E-state index < -0.39 is 36.2 Å². The summed E-state index contributed by atoms with van der Waals surface area (Å²) in [6.45, 7) is 11.2. The summed E-state index contributed by atoms with van der Waals surface area (Å²) >= 11 is 1.35. The second-order valence-corrected chi connectivity index (χ2v) is 10.8. The van der Waals surface area contributed by atoms with E-state index in [1.807, 2.05) is 13.0 Å². The molecule has 3 heterocycles. The van der Waals surface area contributed by atoms with Crippen molar-refractivity contribution < 1.29 is 38.9 Å². The zero-order valence-corrected chi connectivity index (χ0v) is 22.6. The molecule has 0 unspecified atom stereocenters. The molecule has 0 bridgehead atoms. The third-order valence-electron chi connectivity index (χ3n) is 6.84. The summed E-state index contributed by atoms with van der Waals surface area (Å²) in [7, 11) is 1.59. The van der Waals surface area contributed by atoms with Crippen LogP contribution in [0, 0.1) is 11.8 Å². The number of thioether (sulfide) groups is 1. The molecule has 3 rings (SSSR count). The smallest absolute Gasteiger partial charge is 0.410 e. The molecular formula is C26H35N3O8S. The van der Waals surface area contributed by atoms with Crippen molar-refractivity contribution >= 4 is 35.8 Å². The van der Waals surface area contributed by atoms with E-state index >= 15 is 0 Å². The second kappa shape index (κ2) is 12.5. The van der Waals surface area contributed by atoms with Gasteiger partial charge < -0.3 is 34.4 Å². The fourth-order valence-electron chi connectivity index (χ4n) is 5.07. The summed E-state index contributed by atoms with van der Waals surface area (Å²) in [4.78, 5) is 54.3. The van der Waals surface area contributed by atoms with Gasteiger partial charge in [-0.25, -0.2) is 14.4 Å². The van der Waals surface area contributed by atoms with Crippen molar-refractivity contribution in [3.8, 4) is 0 Å². The van der Waals surface area contributed by atoms with Gasteiger partial charge >= 0.3 is 18.2 Å². The van der Waals surface area contributed by atoms with Gasteiger partial charge in [0.2, 0.25) is 5.91 Å². The van der Waals surface area contributed by atoms with Gasteiger partial charge in [0.25, 0.3) is 0 Å². The van der Waals surface area contributed by atoms with E-state index in [0.29, 0.717) is 17.9 Å². The zero-order valence-electron chi connectivity index (χ0n) is 21.8. The molecule has 0 aromatic heterocycles. The van der Waals surface area contributed by atoms with E-state index in [-0.39, 0.29) is 48.6 Å². The summed E-state index contributed by atoms with van der Waals surface area (Å²) in [6.07, 6.45) is 5.13. The first kappa shape index (κ1) is 29.3. The van der Waals surface area contributed by atoms with Crippen LogP contribution in [0.15, 0.2) is 48.1 Å². The number of amides is 3. The number of likely N-dealkylation sites (tertiary alicyclic amines) is 1. The SMILES string of the molecule is C=CCOC(=O)N(C)C/C=C/[C@@H]1C[C@H](SC2=C(C(=O)O)N3C(=O)[C@H]([C@@H](C)O)[C@H]3[C@H]2C)CN1C(=O)OCC=C. The molecule has 0 saturated carbocycles. The van der Waals surface area contributed by atoms with Gasteiger partial charge in [0, 0.05) is 36.2 Å². The lowest BCUT2D eigenvalue weighted by atomic mass is 9.79. The number of aliphatic hydroxyl groups is 1. The number of carboxylic acids is 1. The summed E-state index contributed by atoms with van der Waals surface area (Å²) in [5.74, 6) is -2.49. The number of likely N-dealkylation sites (N-methyl/N-ethyl adjacent to an activating group) is 1. The van der Waals surface area contributed by atoms with E-state index in [2.05, 4.69) is 13.2 Å². The molecule has 0 aromatic carbocycles. The minimum Gasteiger partial charge on any atom is -0.477 e. The summed E-state index contributed by atoms with van der Waals surface area (Å²) < 4.78 is 10.3. The Morgan fingerprint density at radius 3 is 2.50 bits per heavy atom. The van der Waals surface area contributed by atoms with E-state index in [1.165, 1.54) is 40.6 Å². The Morgan fingerprint density at radius 2 is 1.89 bits per heavy atom. The molecule has 3 aliphatic rings. The van der Waals surface area contributed by atoms with Gasteiger partial charge in [-0.2, -0.15) is 0 Å². The Balaban J connectivity index is 1.76. The Kier molecular flexibility index (Phi) is 9.66. The third kappa shape index (κ3) is 5.91. The van der Waals surface area contributed by atoms with Crippen molar-refractivity contribution in [1.82, 2.24) is 14.7 Å². The summed E-state index contributed by atoms with van der Waals surface area (Å²) in [5, 5.41) is 19.8. The molecule has 0 spiro atoms. The first-order valence-electron chi connectivity index (χ1n) is 12.4. The number of carbonyl (C=O) groups is 4. The fourth-order valence-corrected chi connectivity index (χ4v) is 6.61. The quantitative estimate of drug-likeness (QED) is 0.294. The number of rotatable bonds is 11. The lowest BCUT2D eigenvalue weighted by Crippen LogP contribution is -2.63. The number of aliphatic hydroxyl groups excluding tert-OH is 1. The van der Waals surface area contributed by atoms with Crippen molar-refractivity contribution in [3.05, 3.63) is 48.1 Å². The monoisotopic (exact) mass is 549 g/mol. The lowest BCUT2D eigenvalue weighted by Gasteiger charge is -2.46. The van der Waals surface area contributed by atoms with Crippen LogP contribution in [0.25, 0.3) is 0 Å². The molecule has 2 saturated heterocycles. The molecule has 3 amide bonds. The molecule has 0 radical (unpaired) electrons. The minimum absolute atomic E-state index is 0.0474. The Bertz CT molecular complexity index is 1040. The number of hydrogen-bond acceptors (Lipinski definition) is 8. The fraction of sp³-hybridized carbons (Fsp3) is 0.538. The van der Waals surface area contributed by atoms with Crippen LogP contribution in [0.5, 0.6) is 0 Å². The minimum atomic E-state index is -1.19. The van der Waals surface area contributed by atoms with Gasteiger partial charge in [-0.15, -0.1) is 11.8 Å².